The minimum absolute atomic E-state index is 0.0383. The second kappa shape index (κ2) is 3.39. The highest BCUT2D eigenvalue weighted by atomic mass is 35.5. The van der Waals surface area contributed by atoms with Gasteiger partial charge in [-0.3, -0.25) is 0 Å². The fourth-order valence-electron chi connectivity index (χ4n) is 1.81. The smallest absolute Gasteiger partial charge is 0.0937 e. The SMILES string of the molecule is C/C(F)=C/C1(c2ccc(Cl)cc2)CC1. The molecule has 0 nitrogen and oxygen atoms in total. The fourth-order valence-corrected chi connectivity index (χ4v) is 1.94. The van der Waals surface area contributed by atoms with E-state index in [2.05, 4.69) is 0 Å². The molecule has 0 aliphatic heterocycles. The van der Waals surface area contributed by atoms with Gasteiger partial charge < -0.3 is 0 Å². The Morgan fingerprint density at radius 3 is 2.36 bits per heavy atom. The number of hydrogen-bond donors (Lipinski definition) is 0. The van der Waals surface area contributed by atoms with Gasteiger partial charge in [-0.25, -0.2) is 4.39 Å². The quantitative estimate of drug-likeness (QED) is 0.685. The zero-order chi connectivity index (χ0) is 10.2. The zero-order valence-electron chi connectivity index (χ0n) is 8.06. The van der Waals surface area contributed by atoms with Gasteiger partial charge in [-0.1, -0.05) is 23.7 Å². The summed E-state index contributed by atoms with van der Waals surface area (Å²) in [4.78, 5) is 0. The van der Waals surface area contributed by atoms with Crippen molar-refractivity contribution in [3.8, 4) is 0 Å². The Balaban J connectivity index is 2.31. The second-order valence-electron chi connectivity index (χ2n) is 3.89. The normalized spacial score (nSPS) is 19.5. The van der Waals surface area contributed by atoms with Crippen molar-refractivity contribution >= 4 is 11.6 Å². The molecule has 0 unspecified atom stereocenters. The Hall–Kier alpha value is -0.820. The molecule has 0 amide bonds. The molecule has 0 radical (unpaired) electrons. The van der Waals surface area contributed by atoms with Crippen molar-refractivity contribution < 1.29 is 4.39 Å². The van der Waals surface area contributed by atoms with Crippen LogP contribution < -0.4 is 0 Å². The van der Waals surface area contributed by atoms with Crippen LogP contribution in [0.4, 0.5) is 4.39 Å². The zero-order valence-corrected chi connectivity index (χ0v) is 8.81. The van der Waals surface area contributed by atoms with Gasteiger partial charge in [-0.2, -0.15) is 0 Å². The number of rotatable bonds is 2. The molecule has 74 valence electrons. The Labute approximate surface area is 88.4 Å². The van der Waals surface area contributed by atoms with E-state index in [-0.39, 0.29) is 11.2 Å². The number of benzene rings is 1. The van der Waals surface area contributed by atoms with E-state index in [9.17, 15) is 4.39 Å². The van der Waals surface area contributed by atoms with Crippen molar-refractivity contribution in [2.75, 3.05) is 0 Å². The van der Waals surface area contributed by atoms with Crippen molar-refractivity contribution in [1.29, 1.82) is 0 Å². The van der Waals surface area contributed by atoms with E-state index in [0.29, 0.717) is 0 Å². The number of allylic oxidation sites excluding steroid dienone is 2. The first kappa shape index (κ1) is 9.72. The van der Waals surface area contributed by atoms with Gasteiger partial charge in [-0.15, -0.1) is 0 Å². The summed E-state index contributed by atoms with van der Waals surface area (Å²) in [5.41, 5.74) is 1.13. The average molecular weight is 211 g/mol. The van der Waals surface area contributed by atoms with E-state index in [4.69, 9.17) is 11.6 Å². The minimum Gasteiger partial charge on any atom is -0.212 e. The standard InChI is InChI=1S/C12H12ClF/c1-9(14)8-12(6-7-12)10-2-4-11(13)5-3-10/h2-5,8H,6-7H2,1H3/b9-8-. The fraction of sp³-hybridized carbons (Fsp3) is 0.333. The monoisotopic (exact) mass is 210 g/mol. The summed E-state index contributed by atoms with van der Waals surface area (Å²) in [6.07, 6.45) is 3.79. The van der Waals surface area contributed by atoms with Crippen LogP contribution in [0, 0.1) is 0 Å². The maximum absolute atomic E-state index is 12.8. The molecule has 1 aromatic rings. The van der Waals surface area contributed by atoms with Gasteiger partial charge in [0, 0.05) is 10.4 Å². The highest BCUT2D eigenvalue weighted by Gasteiger charge is 2.42. The Morgan fingerprint density at radius 1 is 1.36 bits per heavy atom. The van der Waals surface area contributed by atoms with Crippen molar-refractivity contribution in [2.24, 2.45) is 0 Å². The molecule has 2 heteroatoms. The van der Waals surface area contributed by atoms with Crippen LogP contribution in [0.25, 0.3) is 0 Å². The lowest BCUT2D eigenvalue weighted by Gasteiger charge is -2.10. The molecule has 1 aromatic carbocycles. The maximum atomic E-state index is 12.8. The molecular weight excluding hydrogens is 199 g/mol. The highest BCUT2D eigenvalue weighted by Crippen LogP contribution is 2.50. The summed E-state index contributed by atoms with van der Waals surface area (Å²) in [6, 6.07) is 7.68. The van der Waals surface area contributed by atoms with Crippen LogP contribution in [0.2, 0.25) is 5.02 Å². The number of halogens is 2. The molecule has 0 N–H and O–H groups in total. The van der Waals surface area contributed by atoms with Crippen molar-refractivity contribution in [3.63, 3.8) is 0 Å². The third kappa shape index (κ3) is 1.83. The van der Waals surface area contributed by atoms with E-state index in [1.165, 1.54) is 12.5 Å². The molecule has 0 aromatic heterocycles. The molecule has 0 spiro atoms. The van der Waals surface area contributed by atoms with E-state index in [1.54, 1.807) is 6.08 Å². The van der Waals surface area contributed by atoms with Gasteiger partial charge >= 0.3 is 0 Å². The maximum Gasteiger partial charge on any atom is 0.0937 e. The minimum atomic E-state index is -0.0996. The van der Waals surface area contributed by atoms with E-state index < -0.39 is 0 Å². The molecule has 0 saturated heterocycles. The van der Waals surface area contributed by atoms with Crippen molar-refractivity contribution in [1.82, 2.24) is 0 Å². The molecule has 1 saturated carbocycles. The van der Waals surface area contributed by atoms with Crippen LogP contribution in [0.1, 0.15) is 25.3 Å². The van der Waals surface area contributed by atoms with Crippen molar-refractivity contribution in [2.45, 2.75) is 25.2 Å². The molecule has 1 aliphatic carbocycles. The van der Waals surface area contributed by atoms with Crippen molar-refractivity contribution in [3.05, 3.63) is 46.8 Å². The van der Waals surface area contributed by atoms with Gasteiger partial charge in [-0.05, 0) is 43.5 Å². The highest BCUT2D eigenvalue weighted by molar-refractivity contribution is 6.30. The molecular formula is C12H12ClF. The van der Waals surface area contributed by atoms with Gasteiger partial charge in [0.25, 0.3) is 0 Å². The van der Waals surface area contributed by atoms with Crippen LogP contribution >= 0.6 is 11.6 Å². The first-order valence-corrected chi connectivity index (χ1v) is 5.11. The first-order valence-electron chi connectivity index (χ1n) is 4.73. The molecule has 1 fully saturated rings. The lowest BCUT2D eigenvalue weighted by molar-refractivity contribution is 0.624. The van der Waals surface area contributed by atoms with Gasteiger partial charge in [0.05, 0.1) is 5.83 Å². The van der Waals surface area contributed by atoms with Gasteiger partial charge in [0.2, 0.25) is 0 Å². The molecule has 14 heavy (non-hydrogen) atoms. The molecule has 0 atom stereocenters. The topological polar surface area (TPSA) is 0 Å². The summed E-state index contributed by atoms with van der Waals surface area (Å²) in [5, 5.41) is 0.727. The Bertz CT molecular complexity index is 356. The second-order valence-corrected chi connectivity index (χ2v) is 4.33. The first-order chi connectivity index (χ1) is 6.62. The van der Waals surface area contributed by atoms with Gasteiger partial charge in [0.1, 0.15) is 0 Å². The van der Waals surface area contributed by atoms with Crippen LogP contribution in [0.3, 0.4) is 0 Å². The average Bonchev–Trinajstić information content (AvgIpc) is 2.85. The van der Waals surface area contributed by atoms with E-state index in [0.717, 1.165) is 17.9 Å². The molecule has 0 heterocycles. The summed E-state index contributed by atoms with van der Waals surface area (Å²) < 4.78 is 12.8. The summed E-state index contributed by atoms with van der Waals surface area (Å²) in [5.74, 6) is -0.0996. The molecule has 2 rings (SSSR count). The summed E-state index contributed by atoms with van der Waals surface area (Å²) in [7, 11) is 0. The Kier molecular flexibility index (Phi) is 2.36. The largest absolute Gasteiger partial charge is 0.212 e. The van der Waals surface area contributed by atoms with E-state index >= 15 is 0 Å². The summed E-state index contributed by atoms with van der Waals surface area (Å²) >= 11 is 5.80. The predicted molar refractivity (Wildman–Crippen MR) is 57.2 cm³/mol. The third-order valence-corrected chi connectivity index (χ3v) is 2.93. The van der Waals surface area contributed by atoms with Gasteiger partial charge in [0.15, 0.2) is 0 Å². The van der Waals surface area contributed by atoms with Crippen LogP contribution in [-0.4, -0.2) is 0 Å². The molecule has 1 aliphatic rings. The number of hydrogen-bond acceptors (Lipinski definition) is 0. The predicted octanol–water partition coefficient (Wildman–Crippen LogP) is 4.24. The third-order valence-electron chi connectivity index (χ3n) is 2.68. The molecule has 0 bridgehead atoms. The lowest BCUT2D eigenvalue weighted by Crippen LogP contribution is -2.01. The van der Waals surface area contributed by atoms with Crippen LogP contribution in [0.15, 0.2) is 36.2 Å². The van der Waals surface area contributed by atoms with Crippen LogP contribution in [0.5, 0.6) is 0 Å². The summed E-state index contributed by atoms with van der Waals surface area (Å²) in [6.45, 7) is 1.50. The Morgan fingerprint density at radius 2 is 1.93 bits per heavy atom. The van der Waals surface area contributed by atoms with E-state index in [1.807, 2.05) is 24.3 Å². The lowest BCUT2D eigenvalue weighted by atomic mass is 9.95. The van der Waals surface area contributed by atoms with Crippen LogP contribution in [-0.2, 0) is 5.41 Å².